The zero-order valence-corrected chi connectivity index (χ0v) is 18.6. The molecule has 0 unspecified atom stereocenters. The molecule has 0 atom stereocenters. The van der Waals surface area contributed by atoms with Gasteiger partial charge >= 0.3 is 0 Å². The van der Waals surface area contributed by atoms with E-state index in [0.29, 0.717) is 26.1 Å². The van der Waals surface area contributed by atoms with Crippen molar-refractivity contribution in [2.45, 2.75) is 6.92 Å². The first-order valence-electron chi connectivity index (χ1n) is 10.2. The fourth-order valence-electron chi connectivity index (χ4n) is 3.76. The number of hydrogen-bond acceptors (Lipinski definition) is 8. The Morgan fingerprint density at radius 2 is 1.84 bits per heavy atom. The van der Waals surface area contributed by atoms with Gasteiger partial charge in [0.25, 0.3) is 5.91 Å². The smallest absolute Gasteiger partial charge is 0.263 e. The summed E-state index contributed by atoms with van der Waals surface area (Å²) in [7, 11) is 0. The minimum Gasteiger partial charge on any atom is -0.369 e. The second-order valence-electron chi connectivity index (χ2n) is 7.37. The Balaban J connectivity index is 1.41. The number of amides is 1. The second kappa shape index (κ2) is 8.37. The molecule has 2 aliphatic heterocycles. The average Bonchev–Trinajstić information content (AvgIpc) is 3.36. The van der Waals surface area contributed by atoms with Crippen LogP contribution >= 0.6 is 24.0 Å². The van der Waals surface area contributed by atoms with Gasteiger partial charge in [-0.3, -0.25) is 4.79 Å². The summed E-state index contributed by atoms with van der Waals surface area (Å²) in [5, 5.41) is 11.1. The summed E-state index contributed by atoms with van der Waals surface area (Å²) in [6.07, 6.45) is 1.73. The SMILES string of the molecule is CCN1CCN(c2ccc(-n3nnc4ccc(C=C5SC(=S)NC5=O)nc43)cc2)CC1. The maximum Gasteiger partial charge on any atom is 0.263 e. The van der Waals surface area contributed by atoms with E-state index in [1.54, 1.807) is 10.8 Å². The van der Waals surface area contributed by atoms with Crippen molar-refractivity contribution in [3.8, 4) is 5.69 Å². The molecule has 2 saturated heterocycles. The van der Waals surface area contributed by atoms with E-state index in [0.717, 1.165) is 38.4 Å². The van der Waals surface area contributed by atoms with Crippen molar-refractivity contribution >= 4 is 57.1 Å². The highest BCUT2D eigenvalue weighted by Gasteiger charge is 2.22. The number of hydrogen-bond donors (Lipinski definition) is 1. The van der Waals surface area contributed by atoms with Crippen LogP contribution in [-0.2, 0) is 4.79 Å². The van der Waals surface area contributed by atoms with E-state index in [2.05, 4.69) is 49.5 Å². The molecule has 158 valence electrons. The maximum atomic E-state index is 11.9. The number of pyridine rings is 1. The number of nitrogens with one attached hydrogen (secondary N) is 1. The number of thiocarbonyl (C=S) groups is 1. The second-order valence-corrected chi connectivity index (χ2v) is 9.09. The zero-order chi connectivity index (χ0) is 21.4. The third-order valence-corrected chi connectivity index (χ3v) is 6.68. The van der Waals surface area contributed by atoms with Gasteiger partial charge in [-0.2, -0.15) is 4.68 Å². The Morgan fingerprint density at radius 1 is 1.10 bits per heavy atom. The van der Waals surface area contributed by atoms with Gasteiger partial charge < -0.3 is 15.1 Å². The lowest BCUT2D eigenvalue weighted by Crippen LogP contribution is -2.46. The number of anilines is 1. The van der Waals surface area contributed by atoms with Crippen LogP contribution in [0.2, 0.25) is 0 Å². The van der Waals surface area contributed by atoms with E-state index < -0.39 is 0 Å². The Kier molecular flexibility index (Phi) is 5.43. The lowest BCUT2D eigenvalue weighted by molar-refractivity contribution is -0.115. The fraction of sp³-hybridized carbons (Fsp3) is 0.286. The minimum absolute atomic E-state index is 0.195. The molecule has 10 heteroatoms. The lowest BCUT2D eigenvalue weighted by atomic mass is 10.2. The van der Waals surface area contributed by atoms with Gasteiger partial charge in [-0.25, -0.2) is 4.98 Å². The standard InChI is InChI=1S/C21H21N7OS2/c1-2-26-9-11-27(12-10-26)15-4-6-16(7-5-15)28-19-17(24-25-28)8-3-14(22-19)13-18-20(29)23-21(30)31-18/h3-8,13H,2,9-12H2,1H3,(H,23,29,30). The molecule has 0 radical (unpaired) electrons. The molecule has 2 aliphatic rings. The van der Waals surface area contributed by atoms with Crippen molar-refractivity contribution in [3.63, 3.8) is 0 Å². The Hall–Kier alpha value is -2.82. The van der Waals surface area contributed by atoms with E-state index in [-0.39, 0.29) is 5.91 Å². The summed E-state index contributed by atoms with van der Waals surface area (Å²) in [5.41, 5.74) is 4.10. The van der Waals surface area contributed by atoms with Crippen molar-refractivity contribution in [3.05, 3.63) is 47.0 Å². The normalized spacial score (nSPS) is 18.9. The van der Waals surface area contributed by atoms with Gasteiger partial charge in [-0.15, -0.1) is 5.10 Å². The number of rotatable bonds is 4. The maximum absolute atomic E-state index is 11.9. The number of carbonyl (C=O) groups is 1. The monoisotopic (exact) mass is 451 g/mol. The molecule has 1 N–H and O–H groups in total. The molecule has 0 spiro atoms. The van der Waals surface area contributed by atoms with Gasteiger partial charge in [0.15, 0.2) is 5.65 Å². The highest BCUT2D eigenvalue weighted by molar-refractivity contribution is 8.26. The number of thioether (sulfide) groups is 1. The number of benzene rings is 1. The molecule has 0 saturated carbocycles. The number of likely N-dealkylation sites (N-methyl/N-ethyl adjacent to an activating group) is 1. The van der Waals surface area contributed by atoms with Crippen LogP contribution < -0.4 is 10.2 Å². The molecule has 1 aromatic carbocycles. The molecule has 2 fully saturated rings. The first-order valence-corrected chi connectivity index (χ1v) is 11.4. The summed E-state index contributed by atoms with van der Waals surface area (Å²) in [4.78, 5) is 22.0. The molecule has 3 aromatic rings. The van der Waals surface area contributed by atoms with Crippen molar-refractivity contribution in [1.82, 2.24) is 30.2 Å². The van der Waals surface area contributed by atoms with Gasteiger partial charge in [0.2, 0.25) is 0 Å². The molecular formula is C21H21N7OS2. The van der Waals surface area contributed by atoms with Crippen LogP contribution in [0.1, 0.15) is 12.6 Å². The molecule has 5 rings (SSSR count). The van der Waals surface area contributed by atoms with Crippen LogP contribution in [0.25, 0.3) is 22.9 Å². The van der Waals surface area contributed by atoms with Crippen LogP contribution in [-0.4, -0.2) is 67.8 Å². The molecule has 0 aliphatic carbocycles. The molecule has 2 aromatic heterocycles. The van der Waals surface area contributed by atoms with Crippen LogP contribution in [0.15, 0.2) is 41.3 Å². The first-order chi connectivity index (χ1) is 15.1. The molecule has 1 amide bonds. The highest BCUT2D eigenvalue weighted by Crippen LogP contribution is 2.26. The van der Waals surface area contributed by atoms with Gasteiger partial charge in [-0.05, 0) is 49.0 Å². The van der Waals surface area contributed by atoms with Crippen LogP contribution in [0.4, 0.5) is 5.69 Å². The van der Waals surface area contributed by atoms with E-state index in [4.69, 9.17) is 12.2 Å². The minimum atomic E-state index is -0.195. The third-order valence-electron chi connectivity index (χ3n) is 5.52. The predicted octanol–water partition coefficient (Wildman–Crippen LogP) is 2.45. The largest absolute Gasteiger partial charge is 0.369 e. The van der Waals surface area contributed by atoms with E-state index >= 15 is 0 Å². The van der Waals surface area contributed by atoms with E-state index in [1.165, 1.54) is 17.4 Å². The molecule has 8 nitrogen and oxygen atoms in total. The third kappa shape index (κ3) is 4.06. The number of fused-ring (bicyclic) bond motifs is 1. The lowest BCUT2D eigenvalue weighted by Gasteiger charge is -2.35. The molecule has 0 bridgehead atoms. The van der Waals surface area contributed by atoms with Gasteiger partial charge in [0, 0.05) is 31.9 Å². The van der Waals surface area contributed by atoms with Crippen molar-refractivity contribution < 1.29 is 4.79 Å². The summed E-state index contributed by atoms with van der Waals surface area (Å²) >= 11 is 6.29. The quantitative estimate of drug-likeness (QED) is 0.479. The summed E-state index contributed by atoms with van der Waals surface area (Å²) in [6, 6.07) is 12.0. The van der Waals surface area contributed by atoms with Crippen molar-refractivity contribution in [2.75, 3.05) is 37.6 Å². The topological polar surface area (TPSA) is 79.2 Å². The molecule has 31 heavy (non-hydrogen) atoms. The Labute approximate surface area is 189 Å². The first kappa shape index (κ1) is 20.1. The van der Waals surface area contributed by atoms with E-state index in [1.807, 2.05) is 24.3 Å². The summed E-state index contributed by atoms with van der Waals surface area (Å²) in [6.45, 7) is 7.57. The number of piperazine rings is 1. The number of carbonyl (C=O) groups excluding carboxylic acids is 1. The van der Waals surface area contributed by atoms with Gasteiger partial charge in [0.05, 0.1) is 16.3 Å². The fourth-order valence-corrected chi connectivity index (χ4v) is 4.79. The summed E-state index contributed by atoms with van der Waals surface area (Å²) < 4.78 is 2.18. The van der Waals surface area contributed by atoms with Crippen LogP contribution in [0.5, 0.6) is 0 Å². The summed E-state index contributed by atoms with van der Waals surface area (Å²) in [5.74, 6) is -0.195. The highest BCUT2D eigenvalue weighted by atomic mass is 32.2. The van der Waals surface area contributed by atoms with Crippen LogP contribution in [0, 0.1) is 0 Å². The van der Waals surface area contributed by atoms with Crippen molar-refractivity contribution in [1.29, 1.82) is 0 Å². The Bertz CT molecular complexity index is 1180. The molecule has 4 heterocycles. The molecular weight excluding hydrogens is 430 g/mol. The van der Waals surface area contributed by atoms with Crippen molar-refractivity contribution in [2.24, 2.45) is 0 Å². The van der Waals surface area contributed by atoms with Crippen LogP contribution in [0.3, 0.4) is 0 Å². The number of nitrogens with zero attached hydrogens (tertiary/aromatic N) is 6. The predicted molar refractivity (Wildman–Crippen MR) is 127 cm³/mol. The van der Waals surface area contributed by atoms with Gasteiger partial charge in [-0.1, -0.05) is 36.1 Å². The average molecular weight is 452 g/mol. The Morgan fingerprint density at radius 3 is 2.52 bits per heavy atom. The number of aromatic nitrogens is 4. The van der Waals surface area contributed by atoms with E-state index in [9.17, 15) is 4.79 Å². The van der Waals surface area contributed by atoms with Gasteiger partial charge in [0.1, 0.15) is 9.84 Å². The zero-order valence-electron chi connectivity index (χ0n) is 17.0.